The fraction of sp³-hybridized carbons (Fsp3) is 0.588. The summed E-state index contributed by atoms with van der Waals surface area (Å²) in [4.78, 5) is 8.91. The summed E-state index contributed by atoms with van der Waals surface area (Å²) < 4.78 is 6.21. The van der Waals surface area contributed by atoms with Crippen LogP contribution in [0.2, 0.25) is 0 Å². The highest BCUT2D eigenvalue weighted by molar-refractivity contribution is 5.79. The van der Waals surface area contributed by atoms with E-state index in [1.807, 2.05) is 38.0 Å². The zero-order valence-corrected chi connectivity index (χ0v) is 13.9. The summed E-state index contributed by atoms with van der Waals surface area (Å²) in [7, 11) is 8.08. The molecule has 1 aliphatic rings. The second kappa shape index (κ2) is 6.48. The minimum Gasteiger partial charge on any atom is -0.368 e. The summed E-state index contributed by atoms with van der Waals surface area (Å²) in [5, 5.41) is 0. The van der Waals surface area contributed by atoms with E-state index in [1.54, 1.807) is 0 Å². The minimum absolute atomic E-state index is 0.286. The van der Waals surface area contributed by atoms with Crippen molar-refractivity contribution in [2.45, 2.75) is 25.4 Å². The fourth-order valence-corrected chi connectivity index (χ4v) is 3.03. The van der Waals surface area contributed by atoms with E-state index in [-0.39, 0.29) is 5.60 Å². The Bertz CT molecular complexity index is 501. The average Bonchev–Trinajstić information content (AvgIpc) is 2.46. The molecule has 116 valence electrons. The fourth-order valence-electron chi connectivity index (χ4n) is 3.03. The lowest BCUT2D eigenvalue weighted by Crippen LogP contribution is -2.41. The van der Waals surface area contributed by atoms with Crippen LogP contribution in [0.1, 0.15) is 24.5 Å². The Morgan fingerprint density at radius 1 is 1.19 bits per heavy atom. The maximum absolute atomic E-state index is 6.21. The summed E-state index contributed by atoms with van der Waals surface area (Å²) in [5.74, 6) is 0.967. The first kappa shape index (κ1) is 15.8. The number of benzene rings is 1. The molecule has 1 unspecified atom stereocenters. The van der Waals surface area contributed by atoms with Crippen molar-refractivity contribution in [1.82, 2.24) is 9.80 Å². The van der Waals surface area contributed by atoms with Crippen molar-refractivity contribution in [3.63, 3.8) is 0 Å². The molecule has 2 rings (SSSR count). The zero-order valence-electron chi connectivity index (χ0n) is 13.9. The predicted octanol–water partition coefficient (Wildman–Crippen LogP) is 2.34. The molecule has 0 amide bonds. The lowest BCUT2D eigenvalue weighted by atomic mass is 9.84. The number of ether oxygens (including phenoxy) is 1. The molecule has 0 fully saturated rings. The van der Waals surface area contributed by atoms with E-state index < -0.39 is 0 Å². The minimum atomic E-state index is -0.286. The summed E-state index contributed by atoms with van der Waals surface area (Å²) in [6, 6.07) is 8.61. The summed E-state index contributed by atoms with van der Waals surface area (Å²) >= 11 is 0. The second-order valence-electron chi connectivity index (χ2n) is 6.01. The van der Waals surface area contributed by atoms with Gasteiger partial charge in [0.2, 0.25) is 0 Å². The quantitative estimate of drug-likeness (QED) is 0.631. The van der Waals surface area contributed by atoms with Crippen LogP contribution in [0.4, 0.5) is 0 Å². The normalized spacial score (nSPS) is 20.6. The molecule has 4 heteroatoms. The van der Waals surface area contributed by atoms with E-state index in [0.717, 1.165) is 25.4 Å². The summed E-state index contributed by atoms with van der Waals surface area (Å²) in [6.45, 7) is 3.62. The van der Waals surface area contributed by atoms with Crippen LogP contribution in [0.15, 0.2) is 29.3 Å². The number of rotatable bonds is 3. The molecular weight excluding hydrogens is 262 g/mol. The number of hydrogen-bond donors (Lipinski definition) is 0. The molecule has 0 bridgehead atoms. The van der Waals surface area contributed by atoms with Crippen molar-refractivity contribution >= 4 is 5.96 Å². The van der Waals surface area contributed by atoms with Crippen LogP contribution in [0.25, 0.3) is 0 Å². The monoisotopic (exact) mass is 289 g/mol. The molecule has 0 saturated heterocycles. The molecule has 0 saturated carbocycles. The summed E-state index contributed by atoms with van der Waals surface area (Å²) in [6.07, 6.45) is 1.93. The first-order valence-corrected chi connectivity index (χ1v) is 7.61. The van der Waals surface area contributed by atoms with Crippen LogP contribution < -0.4 is 0 Å². The van der Waals surface area contributed by atoms with E-state index in [2.05, 4.69) is 31.2 Å². The van der Waals surface area contributed by atoms with E-state index in [1.165, 1.54) is 11.1 Å². The SMILES string of the molecule is CCC1(CN=C(N(C)C)N(C)C)OCCc2ccccc21. The van der Waals surface area contributed by atoms with Crippen molar-refractivity contribution in [3.8, 4) is 0 Å². The van der Waals surface area contributed by atoms with Crippen molar-refractivity contribution < 1.29 is 4.74 Å². The molecule has 1 atom stereocenters. The van der Waals surface area contributed by atoms with Gasteiger partial charge in [-0.1, -0.05) is 31.2 Å². The molecule has 0 aliphatic carbocycles. The van der Waals surface area contributed by atoms with Crippen LogP contribution in [-0.2, 0) is 16.8 Å². The molecule has 1 aromatic carbocycles. The van der Waals surface area contributed by atoms with E-state index in [9.17, 15) is 0 Å². The lowest BCUT2D eigenvalue weighted by Gasteiger charge is -2.38. The average molecular weight is 289 g/mol. The van der Waals surface area contributed by atoms with Gasteiger partial charge in [-0.2, -0.15) is 0 Å². The third-order valence-electron chi connectivity index (χ3n) is 4.10. The van der Waals surface area contributed by atoms with Crippen molar-refractivity contribution in [2.24, 2.45) is 4.99 Å². The van der Waals surface area contributed by atoms with Gasteiger partial charge in [0, 0.05) is 28.2 Å². The van der Waals surface area contributed by atoms with Gasteiger partial charge in [-0.3, -0.25) is 0 Å². The highest BCUT2D eigenvalue weighted by atomic mass is 16.5. The van der Waals surface area contributed by atoms with Crippen LogP contribution in [0.3, 0.4) is 0 Å². The third-order valence-corrected chi connectivity index (χ3v) is 4.10. The highest BCUT2D eigenvalue weighted by Gasteiger charge is 2.36. The molecule has 1 aliphatic heterocycles. The number of aliphatic imine (C=N–C) groups is 1. The number of hydrogen-bond acceptors (Lipinski definition) is 2. The largest absolute Gasteiger partial charge is 0.368 e. The Kier molecular flexibility index (Phi) is 4.88. The van der Waals surface area contributed by atoms with Crippen LogP contribution in [-0.4, -0.2) is 57.1 Å². The molecule has 0 spiro atoms. The number of nitrogens with zero attached hydrogens (tertiary/aromatic N) is 3. The first-order valence-electron chi connectivity index (χ1n) is 7.61. The molecule has 0 aromatic heterocycles. The maximum Gasteiger partial charge on any atom is 0.195 e. The Hall–Kier alpha value is -1.55. The Morgan fingerprint density at radius 3 is 2.48 bits per heavy atom. The molecule has 21 heavy (non-hydrogen) atoms. The van der Waals surface area contributed by atoms with Crippen molar-refractivity contribution in [3.05, 3.63) is 35.4 Å². The predicted molar refractivity (Wildman–Crippen MR) is 87.7 cm³/mol. The first-order chi connectivity index (χ1) is 10.00. The van der Waals surface area contributed by atoms with E-state index in [0.29, 0.717) is 6.54 Å². The topological polar surface area (TPSA) is 28.1 Å². The van der Waals surface area contributed by atoms with Gasteiger partial charge in [-0.25, -0.2) is 4.99 Å². The smallest absolute Gasteiger partial charge is 0.195 e. The molecule has 0 radical (unpaired) electrons. The number of fused-ring (bicyclic) bond motifs is 1. The van der Waals surface area contributed by atoms with E-state index >= 15 is 0 Å². The molecule has 1 aromatic rings. The van der Waals surface area contributed by atoms with Gasteiger partial charge in [0.25, 0.3) is 0 Å². The molecule has 0 N–H and O–H groups in total. The van der Waals surface area contributed by atoms with Crippen LogP contribution in [0, 0.1) is 0 Å². The number of guanidine groups is 1. The Labute approximate surface area is 128 Å². The zero-order chi connectivity index (χ0) is 15.5. The lowest BCUT2D eigenvalue weighted by molar-refractivity contribution is -0.0561. The van der Waals surface area contributed by atoms with Crippen LogP contribution in [0.5, 0.6) is 0 Å². The van der Waals surface area contributed by atoms with Gasteiger partial charge in [-0.15, -0.1) is 0 Å². The Morgan fingerprint density at radius 2 is 1.86 bits per heavy atom. The van der Waals surface area contributed by atoms with Crippen LogP contribution >= 0.6 is 0 Å². The van der Waals surface area contributed by atoms with Gasteiger partial charge in [0.1, 0.15) is 5.60 Å². The van der Waals surface area contributed by atoms with Gasteiger partial charge < -0.3 is 14.5 Å². The maximum atomic E-state index is 6.21. The Balaban J connectivity index is 2.34. The van der Waals surface area contributed by atoms with E-state index in [4.69, 9.17) is 9.73 Å². The molecule has 1 heterocycles. The van der Waals surface area contributed by atoms with Gasteiger partial charge in [-0.05, 0) is 24.0 Å². The summed E-state index contributed by atoms with van der Waals surface area (Å²) in [5.41, 5.74) is 2.42. The third kappa shape index (κ3) is 3.21. The van der Waals surface area contributed by atoms with Gasteiger partial charge in [0.15, 0.2) is 5.96 Å². The van der Waals surface area contributed by atoms with Crippen molar-refractivity contribution in [1.29, 1.82) is 0 Å². The standard InChI is InChI=1S/C17H27N3O/c1-6-17(13-18-16(19(2)3)20(4)5)15-10-8-7-9-14(15)11-12-21-17/h7-10H,6,11-13H2,1-5H3. The highest BCUT2D eigenvalue weighted by Crippen LogP contribution is 2.36. The van der Waals surface area contributed by atoms with Gasteiger partial charge >= 0.3 is 0 Å². The molecule has 4 nitrogen and oxygen atoms in total. The second-order valence-corrected chi connectivity index (χ2v) is 6.01. The molecular formula is C17H27N3O. The van der Waals surface area contributed by atoms with Crippen molar-refractivity contribution in [2.75, 3.05) is 41.3 Å². The van der Waals surface area contributed by atoms with Gasteiger partial charge in [0.05, 0.1) is 13.2 Å².